The van der Waals surface area contributed by atoms with Crippen molar-refractivity contribution in [2.24, 2.45) is 0 Å². The van der Waals surface area contributed by atoms with E-state index in [4.69, 9.17) is 0 Å². The fourth-order valence-electron chi connectivity index (χ4n) is 9.11. The molecule has 0 amide bonds. The first-order chi connectivity index (χ1) is 26.5. The van der Waals surface area contributed by atoms with E-state index in [0.29, 0.717) is 5.92 Å². The molecule has 1 aliphatic rings. The highest BCUT2D eigenvalue weighted by atomic mass is 14.3. The molecule has 256 valence electrons. The Hall–Kier alpha value is -6.50. The molecule has 0 fully saturated rings. The number of aryl methyl sites for hydroxylation is 2. The maximum atomic E-state index is 2.46. The molecule has 0 heteroatoms. The second-order valence-corrected chi connectivity index (χ2v) is 15.0. The van der Waals surface area contributed by atoms with Crippen molar-refractivity contribution in [1.82, 2.24) is 0 Å². The van der Waals surface area contributed by atoms with Gasteiger partial charge >= 0.3 is 0 Å². The minimum absolute atomic E-state index is 0.370. The van der Waals surface area contributed by atoms with Crippen LogP contribution in [0.2, 0.25) is 0 Å². The third-order valence-electron chi connectivity index (χ3n) is 11.8. The Labute approximate surface area is 318 Å². The molecule has 9 aromatic rings. The molecule has 0 saturated carbocycles. The second kappa shape index (κ2) is 12.9. The van der Waals surface area contributed by atoms with Gasteiger partial charge in [-0.2, -0.15) is 0 Å². The minimum atomic E-state index is 0.370. The van der Waals surface area contributed by atoms with Crippen LogP contribution in [0.5, 0.6) is 0 Å². The van der Waals surface area contributed by atoms with Crippen LogP contribution >= 0.6 is 0 Å². The van der Waals surface area contributed by atoms with Crippen molar-refractivity contribution >= 4 is 21.5 Å². The van der Waals surface area contributed by atoms with E-state index in [2.05, 4.69) is 203 Å². The Kier molecular flexibility index (Phi) is 7.67. The molecule has 10 rings (SSSR count). The molecular formula is C54H40. The summed E-state index contributed by atoms with van der Waals surface area (Å²) in [5.41, 5.74) is 20.7. The molecule has 1 atom stereocenters. The first-order valence-corrected chi connectivity index (χ1v) is 19.1. The summed E-state index contributed by atoms with van der Waals surface area (Å²) in [6.07, 6.45) is 0. The van der Waals surface area contributed by atoms with E-state index >= 15 is 0 Å². The van der Waals surface area contributed by atoms with E-state index in [1.54, 1.807) is 0 Å². The van der Waals surface area contributed by atoms with Gasteiger partial charge in [0.05, 0.1) is 0 Å². The smallest absolute Gasteiger partial charge is 0.00735 e. The quantitative estimate of drug-likeness (QED) is 0.158. The van der Waals surface area contributed by atoms with Gasteiger partial charge in [-0.25, -0.2) is 0 Å². The maximum absolute atomic E-state index is 2.46. The van der Waals surface area contributed by atoms with Crippen molar-refractivity contribution in [2.75, 3.05) is 0 Å². The van der Waals surface area contributed by atoms with E-state index in [-0.39, 0.29) is 0 Å². The molecule has 9 aromatic carbocycles. The number of benzene rings is 9. The normalized spacial score (nSPS) is 13.3. The van der Waals surface area contributed by atoms with Gasteiger partial charge in [-0.15, -0.1) is 0 Å². The van der Waals surface area contributed by atoms with Crippen LogP contribution in [0.15, 0.2) is 182 Å². The van der Waals surface area contributed by atoms with Gasteiger partial charge < -0.3 is 0 Å². The summed E-state index contributed by atoms with van der Waals surface area (Å²) in [6.45, 7) is 6.91. The van der Waals surface area contributed by atoms with E-state index in [1.165, 1.54) is 111 Å². The van der Waals surface area contributed by atoms with Gasteiger partial charge in [0.15, 0.2) is 0 Å². The number of fused-ring (bicyclic) bond motifs is 5. The summed E-state index contributed by atoms with van der Waals surface area (Å²) >= 11 is 0. The van der Waals surface area contributed by atoms with Crippen molar-refractivity contribution in [3.63, 3.8) is 0 Å². The molecule has 0 aromatic heterocycles. The predicted molar refractivity (Wildman–Crippen MR) is 231 cm³/mol. The molecule has 0 N–H and O–H groups in total. The van der Waals surface area contributed by atoms with Crippen molar-refractivity contribution in [3.05, 3.63) is 204 Å². The lowest BCUT2D eigenvalue weighted by Gasteiger charge is -2.21. The summed E-state index contributed by atoms with van der Waals surface area (Å²) in [5.74, 6) is 0.370. The van der Waals surface area contributed by atoms with Crippen LogP contribution in [0, 0.1) is 13.8 Å². The van der Waals surface area contributed by atoms with Gasteiger partial charge in [0.2, 0.25) is 0 Å². The van der Waals surface area contributed by atoms with E-state index in [1.807, 2.05) is 0 Å². The monoisotopic (exact) mass is 688 g/mol. The Morgan fingerprint density at radius 2 is 0.759 bits per heavy atom. The lowest BCUT2D eigenvalue weighted by atomic mass is 9.82. The molecule has 0 saturated heterocycles. The van der Waals surface area contributed by atoms with Crippen LogP contribution in [-0.4, -0.2) is 0 Å². The SMILES string of the molecule is Cc1cc(-c2c3ccccc3c(-c3ccc4c(c3)C(C)c3ccccc3-4)c3ccccc23)c(C)cc1-c1cc(-c2ccccc2)cc(-c2ccccc2)c1. The van der Waals surface area contributed by atoms with Gasteiger partial charge in [-0.05, 0) is 149 Å². The summed E-state index contributed by atoms with van der Waals surface area (Å²) in [4.78, 5) is 0. The Bertz CT molecular complexity index is 2780. The van der Waals surface area contributed by atoms with Crippen LogP contribution < -0.4 is 0 Å². The molecule has 0 aliphatic heterocycles. The van der Waals surface area contributed by atoms with E-state index in [9.17, 15) is 0 Å². The molecule has 0 nitrogen and oxygen atoms in total. The largest absolute Gasteiger partial charge is 0.0622 e. The molecule has 1 aliphatic carbocycles. The summed E-state index contributed by atoms with van der Waals surface area (Å²) in [5, 5.41) is 5.16. The summed E-state index contributed by atoms with van der Waals surface area (Å²) in [7, 11) is 0. The Balaban J connectivity index is 1.16. The van der Waals surface area contributed by atoms with Gasteiger partial charge in [0.25, 0.3) is 0 Å². The molecule has 0 spiro atoms. The van der Waals surface area contributed by atoms with Crippen molar-refractivity contribution in [3.8, 4) is 66.8 Å². The third-order valence-corrected chi connectivity index (χ3v) is 11.8. The topological polar surface area (TPSA) is 0 Å². The van der Waals surface area contributed by atoms with Gasteiger partial charge in [0.1, 0.15) is 0 Å². The molecular weight excluding hydrogens is 649 g/mol. The predicted octanol–water partition coefficient (Wildman–Crippen LogP) is 15.1. The van der Waals surface area contributed by atoms with Crippen molar-refractivity contribution in [1.29, 1.82) is 0 Å². The Morgan fingerprint density at radius 1 is 0.296 bits per heavy atom. The lowest BCUT2D eigenvalue weighted by molar-refractivity contribution is 0.957. The standard InChI is InChI=1S/C54H40/c1-34-29-51(35(2)28-50(34)42-31-40(37-16-6-4-7-17-37)30-41(32-42)38-18-8-5-9-19-38)54-48-24-14-12-22-46(48)53(47-23-13-15-25-49(47)54)39-26-27-45-44-21-11-10-20-43(44)36(3)52(45)33-39/h4-33,36H,1-3H3. The van der Waals surface area contributed by atoms with Crippen LogP contribution in [0.25, 0.3) is 88.3 Å². The fourth-order valence-corrected chi connectivity index (χ4v) is 9.11. The van der Waals surface area contributed by atoms with E-state index < -0.39 is 0 Å². The number of rotatable bonds is 5. The highest BCUT2D eigenvalue weighted by molar-refractivity contribution is 6.21. The lowest BCUT2D eigenvalue weighted by Crippen LogP contribution is -1.95. The first kappa shape index (κ1) is 32.2. The van der Waals surface area contributed by atoms with Crippen molar-refractivity contribution < 1.29 is 0 Å². The van der Waals surface area contributed by atoms with E-state index in [0.717, 1.165) is 0 Å². The first-order valence-electron chi connectivity index (χ1n) is 19.1. The number of hydrogen-bond donors (Lipinski definition) is 0. The second-order valence-electron chi connectivity index (χ2n) is 15.0. The zero-order chi connectivity index (χ0) is 36.3. The maximum Gasteiger partial charge on any atom is 0.00735 e. The highest BCUT2D eigenvalue weighted by Crippen LogP contribution is 2.49. The third kappa shape index (κ3) is 5.21. The molecule has 54 heavy (non-hydrogen) atoms. The fraction of sp³-hybridized carbons (Fsp3) is 0.0741. The number of hydrogen-bond acceptors (Lipinski definition) is 0. The molecule has 0 bridgehead atoms. The van der Waals surface area contributed by atoms with Crippen LogP contribution in [0.1, 0.15) is 35.1 Å². The average Bonchev–Trinajstić information content (AvgIpc) is 3.51. The summed E-state index contributed by atoms with van der Waals surface area (Å²) in [6, 6.07) is 67.5. The average molecular weight is 689 g/mol. The van der Waals surface area contributed by atoms with Gasteiger partial charge in [0, 0.05) is 5.92 Å². The van der Waals surface area contributed by atoms with Gasteiger partial charge in [-0.1, -0.05) is 165 Å². The van der Waals surface area contributed by atoms with Crippen molar-refractivity contribution in [2.45, 2.75) is 26.7 Å². The minimum Gasteiger partial charge on any atom is -0.0622 e. The molecule has 1 unspecified atom stereocenters. The molecule has 0 heterocycles. The zero-order valence-corrected chi connectivity index (χ0v) is 30.9. The highest BCUT2D eigenvalue weighted by Gasteiger charge is 2.26. The Morgan fingerprint density at radius 3 is 1.37 bits per heavy atom. The van der Waals surface area contributed by atoms with Crippen LogP contribution in [0.4, 0.5) is 0 Å². The molecule has 0 radical (unpaired) electrons. The van der Waals surface area contributed by atoms with Crippen LogP contribution in [-0.2, 0) is 0 Å². The van der Waals surface area contributed by atoms with Crippen LogP contribution in [0.3, 0.4) is 0 Å². The van der Waals surface area contributed by atoms with Gasteiger partial charge in [-0.3, -0.25) is 0 Å². The summed E-state index contributed by atoms with van der Waals surface area (Å²) < 4.78 is 0. The zero-order valence-electron chi connectivity index (χ0n) is 30.9.